The molecule has 1 aromatic heterocycles. The molecule has 0 amide bonds. The Balaban J connectivity index is 1.12. The minimum Gasteiger partial charge on any atom is -0.456 e. The summed E-state index contributed by atoms with van der Waals surface area (Å²) in [6, 6.07) is 20.7. The number of rotatable bonds is 5. The number of furan rings is 1. The van der Waals surface area contributed by atoms with Crippen molar-refractivity contribution < 1.29 is 27.7 Å². The van der Waals surface area contributed by atoms with E-state index < -0.39 is 130 Å². The second kappa shape index (κ2) is 11.7. The van der Waals surface area contributed by atoms with Gasteiger partial charge in [0.25, 0.3) is 0 Å². The van der Waals surface area contributed by atoms with E-state index in [1.54, 1.807) is 12.1 Å². The van der Waals surface area contributed by atoms with E-state index in [0.717, 1.165) is 22.6 Å². The van der Waals surface area contributed by atoms with Crippen molar-refractivity contribution >= 4 is 39.0 Å². The molecule has 0 N–H and O–H groups in total. The monoisotopic (exact) mass is 722 g/mol. The fourth-order valence-electron chi connectivity index (χ4n) is 8.29. The van der Waals surface area contributed by atoms with Gasteiger partial charge in [0.05, 0.1) is 19.2 Å². The van der Waals surface area contributed by atoms with Crippen LogP contribution in [0.2, 0.25) is 0 Å². The van der Waals surface area contributed by atoms with Crippen LogP contribution in [-0.2, 0) is 10.8 Å². The van der Waals surface area contributed by atoms with E-state index in [-0.39, 0.29) is 27.8 Å². The number of para-hydroxylation sites is 1. The van der Waals surface area contributed by atoms with E-state index in [1.165, 1.54) is 16.7 Å². The van der Waals surface area contributed by atoms with Crippen LogP contribution in [0, 0.1) is 0 Å². The SMILES string of the molecule is [2H]c1c([2H])c([2H])c2c(c1[2H])-c1c([2H])c([2H])c([2H])c([2H])c1C2(c1c([2H])c([2H])c2c(oc3c([2H])c([2H])c(-c4ccc(N(c5ccccc5)c5ccc6c(c5)C(C)(C)c5ccccc5-6)cc4)c([2H])c32)c1[2H])C([2H])([2H])[2H]. The van der Waals surface area contributed by atoms with Crippen molar-refractivity contribution in [2.75, 3.05) is 4.90 Å². The fourth-order valence-corrected chi connectivity index (χ4v) is 8.29. The molecule has 0 saturated carbocycles. The van der Waals surface area contributed by atoms with Gasteiger partial charge in [0, 0.05) is 42.8 Å². The first-order valence-corrected chi connectivity index (χ1v) is 17.9. The summed E-state index contributed by atoms with van der Waals surface area (Å²) in [7, 11) is 0. The van der Waals surface area contributed by atoms with Crippen molar-refractivity contribution in [2.24, 2.45) is 0 Å². The summed E-state index contributed by atoms with van der Waals surface area (Å²) in [5.74, 6) is 0. The van der Waals surface area contributed by atoms with Crippen LogP contribution in [0.1, 0.15) is 71.8 Å². The molecule has 0 spiro atoms. The number of hydrogen-bond donors (Lipinski definition) is 0. The van der Waals surface area contributed by atoms with E-state index in [4.69, 9.17) is 19.5 Å². The highest BCUT2D eigenvalue weighted by Crippen LogP contribution is 2.53. The minimum absolute atomic E-state index is 0.0313. The summed E-state index contributed by atoms with van der Waals surface area (Å²) in [4.78, 5) is 2.09. The fraction of sp³-hybridized carbons (Fsp3) is 0.0943. The lowest BCUT2D eigenvalue weighted by atomic mass is 9.74. The Morgan fingerprint density at radius 2 is 1.18 bits per heavy atom. The first-order chi connectivity index (χ1) is 34.0. The zero-order chi connectivity index (χ0) is 51.6. The molecule has 0 radical (unpaired) electrons. The van der Waals surface area contributed by atoms with Gasteiger partial charge in [0.2, 0.25) is 0 Å². The van der Waals surface area contributed by atoms with Gasteiger partial charge in [-0.15, -0.1) is 0 Å². The molecule has 9 aromatic rings. The molecule has 0 bridgehead atoms. The normalized spacial score (nSPS) is 19.0. The average Bonchev–Trinajstić information content (AvgIpc) is 4.00. The predicted octanol–water partition coefficient (Wildman–Crippen LogP) is 14.4. The lowest BCUT2D eigenvalue weighted by molar-refractivity contribution is 0.660. The first-order valence-electron chi connectivity index (χ1n) is 26.4. The zero-order valence-electron chi connectivity index (χ0n) is 46.6. The molecule has 0 unspecified atom stereocenters. The van der Waals surface area contributed by atoms with Crippen LogP contribution >= 0.6 is 0 Å². The Morgan fingerprint density at radius 3 is 1.95 bits per heavy atom. The van der Waals surface area contributed by atoms with Gasteiger partial charge in [-0.3, -0.25) is 0 Å². The quantitative estimate of drug-likeness (QED) is 0.176. The van der Waals surface area contributed by atoms with E-state index in [2.05, 4.69) is 49.1 Å². The summed E-state index contributed by atoms with van der Waals surface area (Å²) in [5, 5.41) is -0.545. The molecule has 11 rings (SSSR count). The van der Waals surface area contributed by atoms with Gasteiger partial charge in [-0.1, -0.05) is 141 Å². The second-order valence-electron chi connectivity index (χ2n) is 14.4. The van der Waals surface area contributed by atoms with E-state index in [0.29, 0.717) is 5.56 Å². The third-order valence-electron chi connectivity index (χ3n) is 11.0. The molecular formula is C53H39NO. The van der Waals surface area contributed by atoms with E-state index >= 15 is 0 Å². The highest BCUT2D eigenvalue weighted by atomic mass is 16.3. The largest absolute Gasteiger partial charge is 0.456 e. The second-order valence-corrected chi connectivity index (χ2v) is 14.4. The molecule has 8 aromatic carbocycles. The molecule has 2 aliphatic carbocycles. The van der Waals surface area contributed by atoms with Gasteiger partial charge in [0.15, 0.2) is 0 Å². The van der Waals surface area contributed by atoms with Gasteiger partial charge < -0.3 is 9.32 Å². The van der Waals surface area contributed by atoms with Crippen LogP contribution in [0.4, 0.5) is 17.1 Å². The maximum Gasteiger partial charge on any atom is 0.135 e. The summed E-state index contributed by atoms with van der Waals surface area (Å²) < 4.78 is 161. The van der Waals surface area contributed by atoms with Crippen molar-refractivity contribution in [1.29, 1.82) is 0 Å². The molecule has 0 aliphatic heterocycles. The van der Waals surface area contributed by atoms with Crippen molar-refractivity contribution in [3.63, 3.8) is 0 Å². The number of fused-ring (bicyclic) bond motifs is 9. The Labute approximate surface area is 345 Å². The summed E-state index contributed by atoms with van der Waals surface area (Å²) in [5.41, 5.74) is -0.225. The van der Waals surface area contributed by atoms with Gasteiger partial charge in [-0.25, -0.2) is 0 Å². The lowest BCUT2D eigenvalue weighted by Crippen LogP contribution is -2.22. The molecule has 1 heterocycles. The highest BCUT2D eigenvalue weighted by molar-refractivity contribution is 6.06. The van der Waals surface area contributed by atoms with E-state index in [9.17, 15) is 8.22 Å². The highest BCUT2D eigenvalue weighted by Gasteiger charge is 2.41. The molecule has 262 valence electrons. The van der Waals surface area contributed by atoms with Crippen molar-refractivity contribution in [3.8, 4) is 33.4 Å². The third-order valence-corrected chi connectivity index (χ3v) is 11.0. The van der Waals surface area contributed by atoms with Crippen LogP contribution in [0.3, 0.4) is 0 Å². The molecular weight excluding hydrogens is 667 g/mol. The Morgan fingerprint density at radius 1 is 0.509 bits per heavy atom. The molecule has 55 heavy (non-hydrogen) atoms. The minimum atomic E-state index is -3.57. The van der Waals surface area contributed by atoms with Crippen LogP contribution in [-0.4, -0.2) is 0 Å². The Kier molecular flexibility index (Phi) is 4.06. The number of benzene rings is 8. The topological polar surface area (TPSA) is 16.4 Å². The number of nitrogens with zero attached hydrogens (tertiary/aromatic N) is 1. The maximum absolute atomic E-state index is 9.71. The van der Waals surface area contributed by atoms with Crippen LogP contribution in [0.15, 0.2) is 186 Å². The van der Waals surface area contributed by atoms with Crippen LogP contribution in [0.5, 0.6) is 0 Å². The number of anilines is 3. The van der Waals surface area contributed by atoms with Crippen molar-refractivity contribution in [3.05, 3.63) is 209 Å². The van der Waals surface area contributed by atoms with E-state index in [1.807, 2.05) is 54.6 Å². The van der Waals surface area contributed by atoms with Gasteiger partial charge >= 0.3 is 0 Å². The van der Waals surface area contributed by atoms with Crippen LogP contribution < -0.4 is 4.90 Å². The zero-order valence-corrected chi connectivity index (χ0v) is 29.6. The maximum atomic E-state index is 9.71. The summed E-state index contributed by atoms with van der Waals surface area (Å²) >= 11 is 0. The molecule has 0 saturated heterocycles. The molecule has 0 atom stereocenters. The summed E-state index contributed by atoms with van der Waals surface area (Å²) in [6.07, 6.45) is 0. The van der Waals surface area contributed by atoms with Gasteiger partial charge in [-0.2, -0.15) is 0 Å². The predicted molar refractivity (Wildman–Crippen MR) is 229 cm³/mol. The Hall–Kier alpha value is -6.64. The van der Waals surface area contributed by atoms with Gasteiger partial charge in [0.1, 0.15) is 11.2 Å². The molecule has 2 nitrogen and oxygen atoms in total. The standard InChI is InChI=1S/C53H39NO/c1-52(2)46-18-10-7-15-40(46)43-29-27-39(33-49(43)52)54(37-13-5-4-6-14-37)38-25-21-34(22-26-38)35-23-30-50-45(31-35)44-28-24-36(32-51(44)55-50)53(3)47-19-11-8-16-41(47)42-17-9-12-20-48(42)53/h4-33H,1-3H3/i3D3,8D,9D,11D,12D,16D,17D,19D,20D,23D,24D,28D,30D,31D,32D. The smallest absolute Gasteiger partial charge is 0.135 e. The Bertz CT molecular complexity index is 3810. The molecule has 2 aliphatic rings. The van der Waals surface area contributed by atoms with Crippen molar-refractivity contribution in [2.45, 2.75) is 31.5 Å². The molecule has 0 fully saturated rings. The van der Waals surface area contributed by atoms with Crippen LogP contribution in [0.25, 0.3) is 55.3 Å². The molecule has 2 heteroatoms. The first kappa shape index (κ1) is 19.1. The van der Waals surface area contributed by atoms with Crippen molar-refractivity contribution in [1.82, 2.24) is 0 Å². The lowest BCUT2D eigenvalue weighted by Gasteiger charge is -2.28. The number of hydrogen-bond acceptors (Lipinski definition) is 2. The average molecular weight is 723 g/mol. The van der Waals surface area contributed by atoms with Gasteiger partial charge in [-0.05, 0) is 123 Å². The summed E-state index contributed by atoms with van der Waals surface area (Å²) in [6.45, 7) is 0.839. The third kappa shape index (κ3) is 4.61.